The number of hydrogen-bond donors (Lipinski definition) is 5. The zero-order valence-corrected chi connectivity index (χ0v) is 32.4. The number of nitrogens with one attached hydrogen (secondary N) is 3. The number of carbonyl (C=O) groups excluding carboxylic acids is 6. The predicted molar refractivity (Wildman–Crippen MR) is 210 cm³/mol. The maximum Gasteiger partial charge on any atom is 0.289 e. The molecule has 3 aliphatic rings. The van der Waals surface area contributed by atoms with E-state index in [0.717, 1.165) is 16.7 Å². The minimum Gasteiger partial charge on any atom is -0.493 e. The number of nitrogens with zero attached hydrogens (tertiary/aromatic N) is 3. The van der Waals surface area contributed by atoms with Crippen LogP contribution in [-0.4, -0.2) is 89.5 Å². The van der Waals surface area contributed by atoms with Gasteiger partial charge in [0.25, 0.3) is 5.91 Å². The number of methoxy groups -OCH3 is 2. The van der Waals surface area contributed by atoms with E-state index in [0.29, 0.717) is 62.6 Å². The van der Waals surface area contributed by atoms with Crippen LogP contribution >= 0.6 is 0 Å². The fourth-order valence-electron chi connectivity index (χ4n) is 6.94. The Labute approximate surface area is 331 Å². The van der Waals surface area contributed by atoms with Gasteiger partial charge in [-0.3, -0.25) is 28.8 Å². The number of rotatable bonds is 13. The van der Waals surface area contributed by atoms with Crippen molar-refractivity contribution < 1.29 is 38.2 Å². The second-order valence-electron chi connectivity index (χ2n) is 13.9. The molecule has 0 saturated carbocycles. The average Bonchev–Trinajstić information content (AvgIpc) is 4.00. The van der Waals surface area contributed by atoms with Gasteiger partial charge in [0.15, 0.2) is 11.5 Å². The average molecular weight is 783 g/mol. The van der Waals surface area contributed by atoms with Crippen LogP contribution in [0.4, 0.5) is 0 Å². The van der Waals surface area contributed by atoms with Crippen molar-refractivity contribution >= 4 is 41.0 Å². The first kappa shape index (κ1) is 41.7. The molecule has 6 rings (SSSR count). The van der Waals surface area contributed by atoms with E-state index in [1.807, 2.05) is 41.3 Å². The Kier molecular flexibility index (Phi) is 14.2. The van der Waals surface area contributed by atoms with E-state index in [1.54, 1.807) is 36.3 Å². The van der Waals surface area contributed by atoms with Gasteiger partial charge in [0.05, 0.1) is 33.0 Å². The second-order valence-corrected chi connectivity index (χ2v) is 13.9. The molecule has 2 fully saturated rings. The van der Waals surface area contributed by atoms with Crippen LogP contribution in [0.1, 0.15) is 60.4 Å². The lowest BCUT2D eigenvalue weighted by Gasteiger charge is -2.23. The number of likely N-dealkylation sites (tertiary alicyclic amines) is 1. The highest BCUT2D eigenvalue weighted by atomic mass is 16.5. The summed E-state index contributed by atoms with van der Waals surface area (Å²) in [5, 5.41) is 9.20. The van der Waals surface area contributed by atoms with Crippen molar-refractivity contribution in [3.63, 3.8) is 0 Å². The molecule has 5 amide bonds. The molecule has 3 aromatic carbocycles. The number of amides is 5. The van der Waals surface area contributed by atoms with Crippen LogP contribution in [0.5, 0.6) is 11.5 Å². The molecule has 3 aromatic rings. The Morgan fingerprint density at radius 2 is 1.70 bits per heavy atom. The molecule has 0 bridgehead atoms. The van der Waals surface area contributed by atoms with Gasteiger partial charge in [-0.2, -0.15) is 0 Å². The molecule has 3 heterocycles. The molecule has 0 spiro atoms. The maximum absolute atomic E-state index is 12.7. The lowest BCUT2D eigenvalue weighted by atomic mass is 10.0. The summed E-state index contributed by atoms with van der Waals surface area (Å²) in [4.78, 5) is 75.9. The van der Waals surface area contributed by atoms with Crippen molar-refractivity contribution in [2.45, 2.75) is 70.9 Å². The van der Waals surface area contributed by atoms with Gasteiger partial charge in [0.1, 0.15) is 12.1 Å². The van der Waals surface area contributed by atoms with Gasteiger partial charge in [0, 0.05) is 45.7 Å². The summed E-state index contributed by atoms with van der Waals surface area (Å²) in [6, 6.07) is 19.5. The van der Waals surface area contributed by atoms with E-state index in [9.17, 15) is 28.8 Å². The molecule has 3 aliphatic heterocycles. The number of benzene rings is 3. The number of fused-ring (bicyclic) bond motifs is 1. The topological polar surface area (TPSA) is 219 Å². The Morgan fingerprint density at radius 1 is 0.947 bits per heavy atom. The van der Waals surface area contributed by atoms with Crippen molar-refractivity contribution in [2.75, 3.05) is 27.3 Å². The van der Waals surface area contributed by atoms with Crippen molar-refractivity contribution in [3.05, 3.63) is 101 Å². The Hall–Kier alpha value is -6.42. The Balaban J connectivity index is 0.000000228. The van der Waals surface area contributed by atoms with Gasteiger partial charge in [-0.25, -0.2) is 5.84 Å². The lowest BCUT2D eigenvalue weighted by molar-refractivity contribution is -0.144. The summed E-state index contributed by atoms with van der Waals surface area (Å²) in [7, 11) is 3.02. The van der Waals surface area contributed by atoms with Crippen LogP contribution in [-0.2, 0) is 54.9 Å². The minimum atomic E-state index is -0.869. The smallest absolute Gasteiger partial charge is 0.289 e. The number of Topliss-reactive ketones (excluding diaryl/α,β-unsaturated/α-hetero) is 1. The van der Waals surface area contributed by atoms with E-state index in [-0.39, 0.29) is 31.3 Å². The van der Waals surface area contributed by atoms with Crippen LogP contribution in [0.3, 0.4) is 0 Å². The zero-order chi connectivity index (χ0) is 41.1. The molecule has 0 aliphatic carbocycles. The lowest BCUT2D eigenvalue weighted by Crippen LogP contribution is -2.50. The summed E-state index contributed by atoms with van der Waals surface area (Å²) in [5.74, 6) is 4.70. The molecule has 302 valence electrons. The molecular formula is C41H50N8O8. The maximum atomic E-state index is 12.7. The molecule has 2 saturated heterocycles. The molecule has 7 N–H and O–H groups in total. The minimum absolute atomic E-state index is 0.0926. The number of ketones is 1. The van der Waals surface area contributed by atoms with Crippen LogP contribution in [0.15, 0.2) is 72.9 Å². The molecule has 16 heteroatoms. The van der Waals surface area contributed by atoms with E-state index in [1.165, 1.54) is 30.2 Å². The number of nitrogens with two attached hydrogens (primary N) is 2. The largest absolute Gasteiger partial charge is 0.493 e. The number of carbonyl (C=O) groups is 6. The first-order valence-corrected chi connectivity index (χ1v) is 18.7. The van der Waals surface area contributed by atoms with Gasteiger partial charge in [-0.1, -0.05) is 54.6 Å². The van der Waals surface area contributed by atoms with Crippen molar-refractivity contribution in [1.29, 1.82) is 0 Å². The molecule has 16 nitrogen and oxygen atoms in total. The molecule has 0 radical (unpaired) electrons. The quantitative estimate of drug-likeness (QED) is 0.0950. The third-order valence-electron chi connectivity index (χ3n) is 10.0. The van der Waals surface area contributed by atoms with Crippen molar-refractivity contribution in [3.8, 4) is 11.5 Å². The van der Waals surface area contributed by atoms with Crippen molar-refractivity contribution in [2.24, 2.45) is 11.6 Å². The Bertz CT molecular complexity index is 2010. The van der Waals surface area contributed by atoms with Crippen LogP contribution < -0.4 is 37.0 Å². The number of hydrazine groups is 1. The van der Waals surface area contributed by atoms with Crippen LogP contribution in [0.2, 0.25) is 0 Å². The van der Waals surface area contributed by atoms with Crippen molar-refractivity contribution in [1.82, 2.24) is 30.8 Å². The standard InChI is InChI=1S/C22H28N4O7.C19H22N4O/c1-32-16-7-5-13(10-17(16)33-2)11-23-22(31)20(29)15-4-3-9-26(15)19(28)12-24-21(30)14-6-8-18(27)25-14;1-14(24)22-10-16-8-5-9-17(18(16)12-22)11-23(21)13-19(20)15-6-3-2-4-7-15/h5,7,10,14-15H,3-4,6,8-9,11-12H2,1-2H3,(H,23,31)(H,24,30)(H,25,27);2-9,13H,10-12,20-21H2,1H3/b;19-13-. The van der Waals surface area contributed by atoms with E-state index in [2.05, 4.69) is 28.1 Å². The number of ether oxygens (including phenoxy) is 2. The van der Waals surface area contributed by atoms with Gasteiger partial charge in [0.2, 0.25) is 29.4 Å². The summed E-state index contributed by atoms with van der Waals surface area (Å²) in [6.45, 7) is 3.59. The van der Waals surface area contributed by atoms with Gasteiger partial charge < -0.3 is 46.0 Å². The summed E-state index contributed by atoms with van der Waals surface area (Å²) in [6.07, 6.45) is 3.35. The summed E-state index contributed by atoms with van der Waals surface area (Å²) < 4.78 is 10.4. The Morgan fingerprint density at radius 3 is 2.39 bits per heavy atom. The number of hydrogen-bond acceptors (Lipinski definition) is 11. The van der Waals surface area contributed by atoms with Crippen LogP contribution in [0.25, 0.3) is 5.70 Å². The van der Waals surface area contributed by atoms with Gasteiger partial charge in [-0.15, -0.1) is 0 Å². The molecule has 2 atom stereocenters. The van der Waals surface area contributed by atoms with E-state index in [4.69, 9.17) is 21.1 Å². The molecule has 2 unspecified atom stereocenters. The normalized spacial score (nSPS) is 17.1. The highest BCUT2D eigenvalue weighted by molar-refractivity contribution is 6.38. The third-order valence-corrected chi connectivity index (χ3v) is 10.0. The second kappa shape index (κ2) is 19.4. The third kappa shape index (κ3) is 10.9. The summed E-state index contributed by atoms with van der Waals surface area (Å²) in [5.41, 5.74) is 11.9. The molecule has 57 heavy (non-hydrogen) atoms. The fraction of sp³-hybridized carbons (Fsp3) is 0.366. The van der Waals surface area contributed by atoms with Gasteiger partial charge in [-0.05, 0) is 59.2 Å². The summed E-state index contributed by atoms with van der Waals surface area (Å²) >= 11 is 0. The highest BCUT2D eigenvalue weighted by Gasteiger charge is 2.37. The SMILES string of the molecule is CC(=O)N1Cc2cccc(CN(N)/C=C(\N)c3ccccc3)c2C1.COc1ccc(CNC(=O)C(=O)C2CCCN2C(=O)CNC(=O)C2CCC(=O)N2)cc1OC. The first-order valence-electron chi connectivity index (χ1n) is 18.7. The fourth-order valence-corrected chi connectivity index (χ4v) is 6.94. The zero-order valence-electron chi connectivity index (χ0n) is 32.4. The highest BCUT2D eigenvalue weighted by Crippen LogP contribution is 2.28. The monoisotopic (exact) mass is 782 g/mol. The van der Waals surface area contributed by atoms with E-state index < -0.39 is 35.6 Å². The first-order chi connectivity index (χ1) is 27.4. The molecule has 0 aromatic heterocycles. The predicted octanol–water partition coefficient (Wildman–Crippen LogP) is 1.46. The van der Waals surface area contributed by atoms with Crippen LogP contribution in [0, 0.1) is 0 Å². The van der Waals surface area contributed by atoms with E-state index >= 15 is 0 Å². The molecular weight excluding hydrogens is 732 g/mol. The van der Waals surface area contributed by atoms with Gasteiger partial charge >= 0.3 is 0 Å².